The molecule has 1 aromatic carbocycles. The first-order chi connectivity index (χ1) is 13.0. The van der Waals surface area contributed by atoms with Crippen molar-refractivity contribution in [2.75, 3.05) is 0 Å². The first-order valence-corrected chi connectivity index (χ1v) is 9.21. The van der Waals surface area contributed by atoms with Gasteiger partial charge in [0.05, 0.1) is 17.8 Å². The Morgan fingerprint density at radius 3 is 2.63 bits per heavy atom. The third kappa shape index (κ3) is 3.15. The van der Waals surface area contributed by atoms with E-state index in [9.17, 15) is 14.7 Å². The minimum atomic E-state index is -1.06. The van der Waals surface area contributed by atoms with Crippen molar-refractivity contribution in [1.82, 2.24) is 19.2 Å². The second kappa shape index (κ2) is 6.81. The molecular formula is C19H16N4O3S. The molecule has 4 aromatic rings. The van der Waals surface area contributed by atoms with E-state index in [2.05, 4.69) is 10.1 Å². The van der Waals surface area contributed by atoms with Crippen molar-refractivity contribution in [1.29, 1.82) is 0 Å². The van der Waals surface area contributed by atoms with Crippen LogP contribution in [0.3, 0.4) is 0 Å². The number of rotatable bonds is 5. The molecule has 0 atom stereocenters. The smallest absolute Gasteiger partial charge is 0.308 e. The average Bonchev–Trinajstić information content (AvgIpc) is 3.32. The molecule has 3 aromatic heterocycles. The summed E-state index contributed by atoms with van der Waals surface area (Å²) < 4.78 is 3.06. The molecule has 0 unspecified atom stereocenters. The van der Waals surface area contributed by atoms with E-state index < -0.39 is 11.5 Å². The van der Waals surface area contributed by atoms with E-state index in [-0.39, 0.29) is 12.0 Å². The Balaban J connectivity index is 1.97. The molecule has 0 bridgehead atoms. The number of hydrogen-bond acceptors (Lipinski definition) is 5. The fraction of sp³-hybridized carbons (Fsp3) is 0.158. The van der Waals surface area contributed by atoms with Gasteiger partial charge in [-0.3, -0.25) is 9.59 Å². The van der Waals surface area contributed by atoms with Gasteiger partial charge in [-0.05, 0) is 23.9 Å². The van der Waals surface area contributed by atoms with Crippen molar-refractivity contribution in [2.45, 2.75) is 19.9 Å². The van der Waals surface area contributed by atoms with Gasteiger partial charge >= 0.3 is 5.97 Å². The Morgan fingerprint density at radius 1 is 1.19 bits per heavy atom. The van der Waals surface area contributed by atoms with Crippen LogP contribution >= 0.6 is 11.3 Å². The molecule has 0 amide bonds. The molecule has 0 aliphatic heterocycles. The van der Waals surface area contributed by atoms with Crippen molar-refractivity contribution in [2.24, 2.45) is 0 Å². The summed E-state index contributed by atoms with van der Waals surface area (Å²) in [6, 6.07) is 13.5. The van der Waals surface area contributed by atoms with Crippen LogP contribution in [-0.4, -0.2) is 30.2 Å². The number of nitrogens with zero attached hydrogens (tertiary/aromatic N) is 4. The Hall–Kier alpha value is -3.26. The number of aliphatic carboxylic acids is 1. The van der Waals surface area contributed by atoms with Crippen molar-refractivity contribution in [3.8, 4) is 10.7 Å². The van der Waals surface area contributed by atoms with E-state index in [0.29, 0.717) is 23.8 Å². The molecule has 7 nitrogen and oxygen atoms in total. The molecule has 0 saturated carbocycles. The fourth-order valence-corrected chi connectivity index (χ4v) is 3.68. The molecule has 0 radical (unpaired) electrons. The molecule has 0 saturated heterocycles. The van der Waals surface area contributed by atoms with E-state index in [1.54, 1.807) is 6.92 Å². The molecule has 3 heterocycles. The van der Waals surface area contributed by atoms with Crippen molar-refractivity contribution in [3.05, 3.63) is 75.0 Å². The maximum Gasteiger partial charge on any atom is 0.308 e. The SMILES string of the molecule is Cc1c(CC(=O)O)c(=O)n2nc(-c3cccs3)nc2n1Cc1ccccc1. The molecule has 27 heavy (non-hydrogen) atoms. The summed E-state index contributed by atoms with van der Waals surface area (Å²) in [7, 11) is 0. The summed E-state index contributed by atoms with van der Waals surface area (Å²) in [5.74, 6) is -0.200. The van der Waals surface area contributed by atoms with Crippen molar-refractivity contribution in [3.63, 3.8) is 0 Å². The zero-order valence-corrected chi connectivity index (χ0v) is 15.3. The molecular weight excluding hydrogens is 364 g/mol. The summed E-state index contributed by atoms with van der Waals surface area (Å²) in [6.07, 6.45) is -0.358. The molecule has 4 rings (SSSR count). The van der Waals surface area contributed by atoms with Gasteiger partial charge in [0, 0.05) is 11.3 Å². The summed E-state index contributed by atoms with van der Waals surface area (Å²) in [6.45, 7) is 2.22. The predicted molar refractivity (Wildman–Crippen MR) is 102 cm³/mol. The first-order valence-electron chi connectivity index (χ1n) is 8.33. The number of carboxylic acids is 1. The van der Waals surface area contributed by atoms with Crippen LogP contribution in [0.4, 0.5) is 0 Å². The Labute approximate surface area is 158 Å². The number of thiophene rings is 1. The van der Waals surface area contributed by atoms with E-state index in [4.69, 9.17) is 0 Å². The van der Waals surface area contributed by atoms with Gasteiger partial charge in [-0.1, -0.05) is 36.4 Å². The second-order valence-corrected chi connectivity index (χ2v) is 7.08. The van der Waals surface area contributed by atoms with Crippen LogP contribution < -0.4 is 5.56 Å². The average molecular weight is 380 g/mol. The summed E-state index contributed by atoms with van der Waals surface area (Å²) in [4.78, 5) is 29.6. The summed E-state index contributed by atoms with van der Waals surface area (Å²) >= 11 is 1.48. The normalized spacial score (nSPS) is 11.1. The molecule has 0 spiro atoms. The highest BCUT2D eigenvalue weighted by molar-refractivity contribution is 7.13. The lowest BCUT2D eigenvalue weighted by molar-refractivity contribution is -0.136. The van der Waals surface area contributed by atoms with Gasteiger partial charge in [0.15, 0.2) is 5.82 Å². The molecule has 136 valence electrons. The number of benzene rings is 1. The van der Waals surface area contributed by atoms with Gasteiger partial charge in [-0.2, -0.15) is 9.50 Å². The van der Waals surface area contributed by atoms with E-state index in [0.717, 1.165) is 10.4 Å². The van der Waals surface area contributed by atoms with Crippen molar-refractivity contribution >= 4 is 23.1 Å². The van der Waals surface area contributed by atoms with Crippen LogP contribution in [0.1, 0.15) is 16.8 Å². The number of hydrogen-bond donors (Lipinski definition) is 1. The second-order valence-electron chi connectivity index (χ2n) is 6.14. The lowest BCUT2D eigenvalue weighted by atomic mass is 10.1. The monoisotopic (exact) mass is 380 g/mol. The van der Waals surface area contributed by atoms with Crippen LogP contribution in [0.2, 0.25) is 0 Å². The standard InChI is InChI=1S/C19H16N4O3S/c1-12-14(10-16(24)25)18(26)23-19(20-17(21-23)15-8-5-9-27-15)22(12)11-13-6-3-2-4-7-13/h2-9H,10-11H2,1H3,(H,24,25). The molecule has 0 fully saturated rings. The molecule has 0 aliphatic carbocycles. The van der Waals surface area contributed by atoms with Gasteiger partial charge in [0.25, 0.3) is 5.56 Å². The number of carbonyl (C=O) groups is 1. The van der Waals surface area contributed by atoms with E-state index in [1.165, 1.54) is 15.9 Å². The number of carboxylic acid groups (broad SMARTS) is 1. The lowest BCUT2D eigenvalue weighted by Gasteiger charge is -2.14. The zero-order chi connectivity index (χ0) is 19.0. The summed E-state index contributed by atoms with van der Waals surface area (Å²) in [5.41, 5.74) is 1.38. The van der Waals surface area contributed by atoms with E-state index >= 15 is 0 Å². The molecule has 0 aliphatic rings. The van der Waals surface area contributed by atoms with Crippen LogP contribution in [0, 0.1) is 6.92 Å². The van der Waals surface area contributed by atoms with E-state index in [1.807, 2.05) is 52.4 Å². The number of aromatic nitrogens is 4. The Bertz CT molecular complexity index is 1180. The van der Waals surface area contributed by atoms with Crippen LogP contribution in [0.15, 0.2) is 52.6 Å². The number of fused-ring (bicyclic) bond motifs is 1. The maximum atomic E-state index is 12.9. The Kier molecular flexibility index (Phi) is 4.33. The quantitative estimate of drug-likeness (QED) is 0.575. The highest BCUT2D eigenvalue weighted by Crippen LogP contribution is 2.22. The van der Waals surface area contributed by atoms with Crippen LogP contribution in [0.5, 0.6) is 0 Å². The van der Waals surface area contributed by atoms with Gasteiger partial charge in [-0.25, -0.2) is 0 Å². The highest BCUT2D eigenvalue weighted by Gasteiger charge is 2.20. The zero-order valence-electron chi connectivity index (χ0n) is 14.5. The van der Waals surface area contributed by atoms with Crippen LogP contribution in [-0.2, 0) is 17.8 Å². The topological polar surface area (TPSA) is 89.5 Å². The summed E-state index contributed by atoms with van der Waals surface area (Å²) in [5, 5.41) is 15.5. The van der Waals surface area contributed by atoms with Gasteiger partial charge in [0.1, 0.15) is 0 Å². The third-order valence-corrected chi connectivity index (χ3v) is 5.24. The fourth-order valence-electron chi connectivity index (χ4n) is 3.03. The van der Waals surface area contributed by atoms with Crippen molar-refractivity contribution < 1.29 is 9.90 Å². The predicted octanol–water partition coefficient (Wildman–Crippen LogP) is 2.60. The highest BCUT2D eigenvalue weighted by atomic mass is 32.1. The third-order valence-electron chi connectivity index (χ3n) is 4.38. The first kappa shape index (κ1) is 17.2. The van der Waals surface area contributed by atoms with Gasteiger partial charge < -0.3 is 9.67 Å². The Morgan fingerprint density at radius 2 is 1.96 bits per heavy atom. The largest absolute Gasteiger partial charge is 0.481 e. The molecule has 8 heteroatoms. The van der Waals surface area contributed by atoms with Crippen LogP contribution in [0.25, 0.3) is 16.5 Å². The minimum absolute atomic E-state index is 0.216. The lowest BCUT2D eigenvalue weighted by Crippen LogP contribution is -2.28. The maximum absolute atomic E-state index is 12.9. The molecule has 1 N–H and O–H groups in total. The van der Waals surface area contributed by atoms with Gasteiger partial charge in [-0.15, -0.1) is 16.4 Å². The van der Waals surface area contributed by atoms with Gasteiger partial charge in [0.2, 0.25) is 5.78 Å². The minimum Gasteiger partial charge on any atom is -0.481 e.